The molecule has 0 aliphatic carbocycles. The highest BCUT2D eigenvalue weighted by Gasteiger charge is 2.36. The van der Waals surface area contributed by atoms with Gasteiger partial charge in [-0.1, -0.05) is 0 Å². The molecule has 0 saturated carbocycles. The highest BCUT2D eigenvalue weighted by atomic mass is 19.4. The van der Waals surface area contributed by atoms with Crippen LogP contribution in [0.3, 0.4) is 0 Å². The van der Waals surface area contributed by atoms with Crippen LogP contribution >= 0.6 is 0 Å². The summed E-state index contributed by atoms with van der Waals surface area (Å²) < 4.78 is 36.4. The van der Waals surface area contributed by atoms with Gasteiger partial charge in [-0.25, -0.2) is 0 Å². The molecule has 0 atom stereocenters. The van der Waals surface area contributed by atoms with Crippen molar-refractivity contribution in [3.8, 4) is 0 Å². The first-order valence-corrected chi connectivity index (χ1v) is 5.19. The van der Waals surface area contributed by atoms with Crippen molar-refractivity contribution in [3.05, 3.63) is 0 Å². The van der Waals surface area contributed by atoms with Crippen LogP contribution in [0, 0.1) is 0 Å². The maximum absolute atomic E-state index is 12.1. The summed E-state index contributed by atoms with van der Waals surface area (Å²) >= 11 is 0. The molecule has 0 aromatic heterocycles. The predicted molar refractivity (Wildman–Crippen MR) is 53.8 cm³/mol. The Kier molecular flexibility index (Phi) is 3.66. The topological polar surface area (TPSA) is 6.48 Å². The average Bonchev–Trinajstić information content (AvgIpc) is 2.07. The van der Waals surface area contributed by atoms with Gasteiger partial charge in [0.25, 0.3) is 0 Å². The number of halogens is 3. The molecule has 2 nitrogen and oxygen atoms in total. The van der Waals surface area contributed by atoms with Crippen molar-refractivity contribution < 1.29 is 13.2 Å². The molecule has 90 valence electrons. The molecule has 0 aromatic rings. The number of nitrogens with zero attached hydrogens (tertiary/aromatic N) is 2. The summed E-state index contributed by atoms with van der Waals surface area (Å²) in [6.07, 6.45) is -2.46. The van der Waals surface area contributed by atoms with Gasteiger partial charge in [-0.15, -0.1) is 0 Å². The standard InChI is InChI=1S/C10H19F3N2/c1-9(14(2)3)4-6-15(7-5-9)8-10(11,12)13/h4-8H2,1-3H3. The third-order valence-corrected chi connectivity index (χ3v) is 3.42. The van der Waals surface area contributed by atoms with E-state index in [2.05, 4.69) is 11.8 Å². The van der Waals surface area contributed by atoms with Crippen molar-refractivity contribution >= 4 is 0 Å². The highest BCUT2D eigenvalue weighted by molar-refractivity contribution is 4.89. The number of hydrogen-bond donors (Lipinski definition) is 0. The van der Waals surface area contributed by atoms with E-state index in [0.717, 1.165) is 12.8 Å². The van der Waals surface area contributed by atoms with Crippen LogP contribution in [0.4, 0.5) is 13.2 Å². The summed E-state index contributed by atoms with van der Waals surface area (Å²) in [7, 11) is 3.97. The van der Waals surface area contributed by atoms with E-state index in [4.69, 9.17) is 0 Å². The van der Waals surface area contributed by atoms with Crippen molar-refractivity contribution in [2.24, 2.45) is 0 Å². The third kappa shape index (κ3) is 3.65. The number of likely N-dealkylation sites (tertiary alicyclic amines) is 1. The fraction of sp³-hybridized carbons (Fsp3) is 1.00. The summed E-state index contributed by atoms with van der Waals surface area (Å²) in [6.45, 7) is 2.41. The van der Waals surface area contributed by atoms with Crippen LogP contribution in [0.15, 0.2) is 0 Å². The SMILES string of the molecule is CN(C)C1(C)CCN(CC(F)(F)F)CC1. The van der Waals surface area contributed by atoms with E-state index >= 15 is 0 Å². The summed E-state index contributed by atoms with van der Waals surface area (Å²) in [4.78, 5) is 3.60. The molecule has 1 saturated heterocycles. The molecule has 0 aromatic carbocycles. The van der Waals surface area contributed by atoms with Crippen LogP contribution in [0.5, 0.6) is 0 Å². The summed E-state index contributed by atoms with van der Waals surface area (Å²) in [6, 6.07) is 0. The van der Waals surface area contributed by atoms with E-state index in [-0.39, 0.29) is 5.54 Å². The minimum atomic E-state index is -4.06. The van der Waals surface area contributed by atoms with E-state index in [9.17, 15) is 13.2 Å². The number of piperidine rings is 1. The van der Waals surface area contributed by atoms with Crippen molar-refractivity contribution in [1.29, 1.82) is 0 Å². The molecule has 0 spiro atoms. The van der Waals surface area contributed by atoms with Gasteiger partial charge in [0, 0.05) is 18.6 Å². The second kappa shape index (κ2) is 4.29. The lowest BCUT2D eigenvalue weighted by molar-refractivity contribution is -0.150. The minimum Gasteiger partial charge on any atom is -0.304 e. The number of hydrogen-bond acceptors (Lipinski definition) is 2. The Morgan fingerprint density at radius 2 is 1.67 bits per heavy atom. The molecule has 1 aliphatic rings. The van der Waals surface area contributed by atoms with Gasteiger partial charge in [-0.3, -0.25) is 4.90 Å². The van der Waals surface area contributed by atoms with Crippen LogP contribution < -0.4 is 0 Å². The molecule has 15 heavy (non-hydrogen) atoms. The maximum atomic E-state index is 12.1. The van der Waals surface area contributed by atoms with Gasteiger partial charge >= 0.3 is 6.18 Å². The van der Waals surface area contributed by atoms with Gasteiger partial charge in [0.05, 0.1) is 6.54 Å². The van der Waals surface area contributed by atoms with Gasteiger partial charge in [0.15, 0.2) is 0 Å². The maximum Gasteiger partial charge on any atom is 0.401 e. The van der Waals surface area contributed by atoms with E-state index in [1.54, 1.807) is 0 Å². The minimum absolute atomic E-state index is 0.0576. The molecule has 0 bridgehead atoms. The molecule has 1 fully saturated rings. The Bertz CT molecular complexity index is 205. The number of rotatable bonds is 2. The van der Waals surface area contributed by atoms with Gasteiger partial charge in [-0.05, 0) is 33.9 Å². The fourth-order valence-corrected chi connectivity index (χ4v) is 1.89. The van der Waals surface area contributed by atoms with Crippen LogP contribution in [0.1, 0.15) is 19.8 Å². The quantitative estimate of drug-likeness (QED) is 0.707. The molecule has 0 radical (unpaired) electrons. The summed E-state index contributed by atoms with van der Waals surface area (Å²) in [5, 5.41) is 0. The van der Waals surface area contributed by atoms with Crippen LogP contribution in [0.25, 0.3) is 0 Å². The molecule has 0 N–H and O–H groups in total. The zero-order chi connectivity index (χ0) is 11.7. The average molecular weight is 224 g/mol. The molecule has 1 rings (SSSR count). The van der Waals surface area contributed by atoms with Gasteiger partial charge in [-0.2, -0.15) is 13.2 Å². The smallest absolute Gasteiger partial charge is 0.304 e. The summed E-state index contributed by atoms with van der Waals surface area (Å²) in [5.41, 5.74) is 0.0576. The van der Waals surface area contributed by atoms with Crippen LogP contribution in [-0.2, 0) is 0 Å². The molecule has 1 aliphatic heterocycles. The second-order valence-electron chi connectivity index (χ2n) is 4.78. The zero-order valence-corrected chi connectivity index (χ0v) is 9.56. The van der Waals surface area contributed by atoms with Crippen molar-refractivity contribution in [3.63, 3.8) is 0 Å². The largest absolute Gasteiger partial charge is 0.401 e. The lowest BCUT2D eigenvalue weighted by Crippen LogP contribution is -2.52. The van der Waals surface area contributed by atoms with Crippen molar-refractivity contribution in [2.45, 2.75) is 31.5 Å². The molecule has 5 heteroatoms. The molecule has 0 amide bonds. The van der Waals surface area contributed by atoms with E-state index in [1.807, 2.05) is 14.1 Å². The first-order valence-electron chi connectivity index (χ1n) is 5.19. The Balaban J connectivity index is 2.43. The fourth-order valence-electron chi connectivity index (χ4n) is 1.89. The molecular weight excluding hydrogens is 205 g/mol. The Morgan fingerprint density at radius 1 is 1.20 bits per heavy atom. The van der Waals surface area contributed by atoms with Gasteiger partial charge < -0.3 is 4.90 Å². The molecule has 1 heterocycles. The molecule has 0 unspecified atom stereocenters. The first kappa shape index (κ1) is 12.8. The van der Waals surface area contributed by atoms with Crippen molar-refractivity contribution in [2.75, 3.05) is 33.7 Å². The number of alkyl halides is 3. The Hall–Kier alpha value is -0.290. The van der Waals surface area contributed by atoms with E-state index in [1.165, 1.54) is 4.90 Å². The monoisotopic (exact) mass is 224 g/mol. The van der Waals surface area contributed by atoms with Crippen molar-refractivity contribution in [1.82, 2.24) is 9.80 Å². The van der Waals surface area contributed by atoms with Gasteiger partial charge in [0.1, 0.15) is 0 Å². The third-order valence-electron chi connectivity index (χ3n) is 3.42. The lowest BCUT2D eigenvalue weighted by Gasteiger charge is -2.43. The first-order chi connectivity index (χ1) is 6.73. The van der Waals surface area contributed by atoms with E-state index < -0.39 is 12.7 Å². The Morgan fingerprint density at radius 3 is 2.00 bits per heavy atom. The summed E-state index contributed by atoms with van der Waals surface area (Å²) in [5.74, 6) is 0. The predicted octanol–water partition coefficient (Wildman–Crippen LogP) is 1.96. The van der Waals surface area contributed by atoms with E-state index in [0.29, 0.717) is 13.1 Å². The Labute approximate surface area is 89.0 Å². The van der Waals surface area contributed by atoms with Crippen LogP contribution in [0.2, 0.25) is 0 Å². The van der Waals surface area contributed by atoms with Crippen LogP contribution in [-0.4, -0.2) is 55.2 Å². The zero-order valence-electron chi connectivity index (χ0n) is 9.56. The highest BCUT2D eigenvalue weighted by Crippen LogP contribution is 2.28. The normalized spacial score (nSPS) is 23.4. The molecular formula is C10H19F3N2. The second-order valence-corrected chi connectivity index (χ2v) is 4.78. The lowest BCUT2D eigenvalue weighted by atomic mass is 9.88. The van der Waals surface area contributed by atoms with Gasteiger partial charge in [0.2, 0.25) is 0 Å².